The fourth-order valence-corrected chi connectivity index (χ4v) is 10.2. The number of fused-ring (bicyclic) bond motifs is 3. The quantitative estimate of drug-likeness (QED) is 0.0305. The number of benzene rings is 5. The van der Waals surface area contributed by atoms with Crippen LogP contribution in [0, 0.1) is 44.0 Å². The van der Waals surface area contributed by atoms with Gasteiger partial charge in [0, 0.05) is 5.41 Å². The van der Waals surface area contributed by atoms with Crippen molar-refractivity contribution in [1.82, 2.24) is 0 Å². The monoisotopic (exact) mass is 905 g/mol. The van der Waals surface area contributed by atoms with E-state index in [2.05, 4.69) is 188 Å². The summed E-state index contributed by atoms with van der Waals surface area (Å²) in [6, 6.07) is 37.8. The van der Waals surface area contributed by atoms with Gasteiger partial charge >= 0.3 is 0 Å². The van der Waals surface area contributed by atoms with Crippen molar-refractivity contribution >= 4 is 18.2 Å². The van der Waals surface area contributed by atoms with E-state index in [9.17, 15) is 0 Å². The average Bonchev–Trinajstić information content (AvgIpc) is 3.62. The summed E-state index contributed by atoms with van der Waals surface area (Å²) in [6.07, 6.45) is 36.8. The maximum absolute atomic E-state index is 6.45. The fourth-order valence-electron chi connectivity index (χ4n) is 10.2. The summed E-state index contributed by atoms with van der Waals surface area (Å²) in [7, 11) is 0. The zero-order chi connectivity index (χ0) is 48.6. The van der Waals surface area contributed by atoms with Crippen LogP contribution < -0.4 is 4.74 Å². The molecule has 0 saturated carbocycles. The minimum absolute atomic E-state index is 0.0151. The molecule has 68 heavy (non-hydrogen) atoms. The van der Waals surface area contributed by atoms with Gasteiger partial charge in [-0.3, -0.25) is 0 Å². The van der Waals surface area contributed by atoms with E-state index in [1.54, 1.807) is 18.1 Å². The van der Waals surface area contributed by atoms with Crippen LogP contribution in [0.2, 0.25) is 0 Å². The summed E-state index contributed by atoms with van der Waals surface area (Å²) >= 11 is 0. The average molecular weight is 905 g/mol. The molecule has 1 unspecified atom stereocenters. The van der Waals surface area contributed by atoms with Crippen LogP contribution >= 0.6 is 0 Å². The molecule has 1 nitrogen and oxygen atoms in total. The third-order valence-electron chi connectivity index (χ3n) is 14.4. The van der Waals surface area contributed by atoms with Crippen LogP contribution in [0.3, 0.4) is 0 Å². The Kier molecular flexibility index (Phi) is 22.6. The molecule has 1 heteroatoms. The lowest BCUT2D eigenvalue weighted by atomic mass is 9.70. The Morgan fingerprint density at radius 2 is 1.06 bits per heavy atom. The Hall–Kier alpha value is -5.50. The molecule has 0 radical (unpaired) electrons. The van der Waals surface area contributed by atoms with Gasteiger partial charge in [-0.1, -0.05) is 233 Å². The number of unbranched alkanes of at least 4 members (excludes halogenated alkanes) is 11. The lowest BCUT2D eigenvalue weighted by Gasteiger charge is -2.33. The molecule has 0 fully saturated rings. The molecule has 0 bridgehead atoms. The number of hydrogen-bond donors (Lipinski definition) is 0. The normalized spacial score (nSPS) is 12.8. The van der Waals surface area contributed by atoms with E-state index < -0.39 is 0 Å². The molecule has 0 aliphatic heterocycles. The number of rotatable bonds is 26. The van der Waals surface area contributed by atoms with Crippen molar-refractivity contribution in [3.63, 3.8) is 0 Å². The first kappa shape index (κ1) is 53.5. The molecule has 1 aliphatic carbocycles. The highest BCUT2D eigenvalue weighted by Crippen LogP contribution is 2.56. The van der Waals surface area contributed by atoms with Gasteiger partial charge < -0.3 is 4.74 Å². The Morgan fingerprint density at radius 1 is 0.559 bits per heavy atom. The van der Waals surface area contributed by atoms with E-state index in [0.29, 0.717) is 5.92 Å². The molecule has 0 heterocycles. The fraction of sp³-hybridized carbons (Fsp3) is 0.433. The predicted octanol–water partition coefficient (Wildman–Crippen LogP) is 19.8. The van der Waals surface area contributed by atoms with Gasteiger partial charge in [-0.15, -0.1) is 6.42 Å². The van der Waals surface area contributed by atoms with Crippen LogP contribution in [-0.4, -0.2) is 6.61 Å². The largest absolute Gasteiger partial charge is 0.493 e. The van der Waals surface area contributed by atoms with Crippen LogP contribution in [0.4, 0.5) is 0 Å². The molecule has 5 aromatic carbocycles. The van der Waals surface area contributed by atoms with Crippen molar-refractivity contribution in [3.05, 3.63) is 142 Å². The van der Waals surface area contributed by atoms with E-state index in [-0.39, 0.29) is 5.41 Å². The van der Waals surface area contributed by atoms with Crippen LogP contribution in [0.5, 0.6) is 5.75 Å². The van der Waals surface area contributed by atoms with Gasteiger partial charge in [0.2, 0.25) is 0 Å². The van der Waals surface area contributed by atoms with Crippen molar-refractivity contribution in [2.24, 2.45) is 5.92 Å². The molecule has 0 amide bonds. The molecule has 1 aliphatic rings. The van der Waals surface area contributed by atoms with Crippen LogP contribution in [0.15, 0.2) is 103 Å². The Balaban J connectivity index is 0.00000164. The smallest absolute Gasteiger partial charge is 0.122 e. The summed E-state index contributed by atoms with van der Waals surface area (Å²) < 4.78 is 6.45. The molecule has 1 atom stereocenters. The maximum atomic E-state index is 6.45. The minimum atomic E-state index is 0.0151. The van der Waals surface area contributed by atoms with E-state index in [1.807, 2.05) is 0 Å². The Labute approximate surface area is 415 Å². The van der Waals surface area contributed by atoms with Crippen LogP contribution in [0.25, 0.3) is 51.6 Å². The summed E-state index contributed by atoms with van der Waals surface area (Å²) in [6.45, 7) is 18.2. The van der Waals surface area contributed by atoms with E-state index in [0.717, 1.165) is 12.4 Å². The first-order valence-electron chi connectivity index (χ1n) is 26.7. The molecule has 0 spiro atoms. The second-order valence-corrected chi connectivity index (χ2v) is 19.4. The highest BCUT2D eigenvalue weighted by atomic mass is 16.5. The maximum Gasteiger partial charge on any atom is 0.122 e. The standard InChI is InChI=1S/C62H80O.C5H4/c1-8-13-16-18-20-22-40-62(41-23-21-19-17-14-9-2)59-43-55(52-31-26-50(24-11-4)27-32-52)36-38-57(59)58-39-37-56(44-60(58)62)53-33-28-51(29-34-53)30-35-54-45-61(48(7)42-47(54)6)63-46-49(12-5)25-15-10-3;1-3-5-4-2/h11,24,26-39,42-45,49H,8-10,12-23,25,40-41,46H2,1-7H3;1H,2H3/b24-11+,35-30+;. The van der Waals surface area contributed by atoms with Gasteiger partial charge in [-0.25, -0.2) is 0 Å². The van der Waals surface area contributed by atoms with Crippen molar-refractivity contribution in [2.75, 3.05) is 6.61 Å². The van der Waals surface area contributed by atoms with Gasteiger partial charge in [0.25, 0.3) is 0 Å². The topological polar surface area (TPSA) is 9.23 Å². The van der Waals surface area contributed by atoms with Gasteiger partial charge in [-0.05, 0) is 155 Å². The first-order chi connectivity index (χ1) is 33.2. The highest BCUT2D eigenvalue weighted by Gasteiger charge is 2.42. The zero-order valence-electron chi connectivity index (χ0n) is 43.5. The first-order valence-corrected chi connectivity index (χ1v) is 26.7. The third kappa shape index (κ3) is 15.0. The van der Waals surface area contributed by atoms with Crippen molar-refractivity contribution in [2.45, 2.75) is 176 Å². The number of ether oxygens (including phenoxy) is 1. The lowest BCUT2D eigenvalue weighted by molar-refractivity contribution is 0.232. The Morgan fingerprint density at radius 3 is 1.53 bits per heavy atom. The third-order valence-corrected chi connectivity index (χ3v) is 14.4. The molecule has 0 aromatic heterocycles. The minimum Gasteiger partial charge on any atom is -0.493 e. The van der Waals surface area contributed by atoms with E-state index in [1.165, 1.54) is 177 Å². The van der Waals surface area contributed by atoms with Gasteiger partial charge in [0.1, 0.15) is 5.75 Å². The molecule has 0 N–H and O–H groups in total. The molecule has 358 valence electrons. The number of aryl methyl sites for hydroxylation is 2. The summed E-state index contributed by atoms with van der Waals surface area (Å²) in [5, 5.41) is 0. The summed E-state index contributed by atoms with van der Waals surface area (Å²) in [4.78, 5) is 0. The number of allylic oxidation sites excluding steroid dienone is 1. The molecule has 5 aromatic rings. The van der Waals surface area contributed by atoms with E-state index in [4.69, 9.17) is 11.2 Å². The van der Waals surface area contributed by atoms with Crippen LogP contribution in [-0.2, 0) is 5.41 Å². The molecule has 6 rings (SSSR count). The second kappa shape index (κ2) is 28.7. The van der Waals surface area contributed by atoms with E-state index >= 15 is 0 Å². The van der Waals surface area contributed by atoms with Gasteiger partial charge in [0.15, 0.2) is 0 Å². The number of terminal acetylenes is 1. The molecular weight excluding hydrogens is 821 g/mol. The lowest BCUT2D eigenvalue weighted by Crippen LogP contribution is -2.25. The SMILES string of the molecule is C#CC#CC.C/C=C/c1ccc(-c2ccc3c(c2)C(CCCCCCCC)(CCCCCCCC)c2cc(-c4ccc(/C=C/c5cc(OCC(CC)CCCC)c(C)cc5C)cc4)ccc2-3)cc1. The Bertz CT molecular complexity index is 2440. The van der Waals surface area contributed by atoms with Crippen molar-refractivity contribution in [1.29, 1.82) is 0 Å². The second-order valence-electron chi connectivity index (χ2n) is 19.4. The molecular formula is C67H84O. The number of hydrogen-bond acceptors (Lipinski definition) is 1. The zero-order valence-corrected chi connectivity index (χ0v) is 43.5. The predicted molar refractivity (Wildman–Crippen MR) is 300 cm³/mol. The van der Waals surface area contributed by atoms with Gasteiger partial charge in [0.05, 0.1) is 6.61 Å². The van der Waals surface area contributed by atoms with Crippen molar-refractivity contribution in [3.8, 4) is 63.3 Å². The summed E-state index contributed by atoms with van der Waals surface area (Å²) in [5.41, 5.74) is 17.5. The summed E-state index contributed by atoms with van der Waals surface area (Å²) in [5.74, 6) is 8.71. The van der Waals surface area contributed by atoms with Crippen LogP contribution in [0.1, 0.15) is 196 Å². The van der Waals surface area contributed by atoms with Gasteiger partial charge in [-0.2, -0.15) is 0 Å². The molecule has 0 saturated heterocycles. The van der Waals surface area contributed by atoms with Crippen molar-refractivity contribution < 1.29 is 4.74 Å². The highest BCUT2D eigenvalue weighted by molar-refractivity contribution is 5.86.